The maximum atomic E-state index is 12.8. The van der Waals surface area contributed by atoms with E-state index in [1.807, 2.05) is 30.1 Å². The number of aromatic nitrogens is 1. The molecule has 1 amide bonds. The molecule has 1 aromatic carbocycles. The summed E-state index contributed by atoms with van der Waals surface area (Å²) in [6.45, 7) is 2.93. The first-order valence-electron chi connectivity index (χ1n) is 6.88. The Labute approximate surface area is 118 Å². The van der Waals surface area contributed by atoms with E-state index in [2.05, 4.69) is 13.0 Å². The van der Waals surface area contributed by atoms with Crippen LogP contribution in [0.25, 0.3) is 0 Å². The molecule has 4 heteroatoms. The molecule has 3 rings (SSSR count). The number of nitrogen functional groups attached to an aromatic ring is 1. The van der Waals surface area contributed by atoms with E-state index in [4.69, 9.17) is 5.73 Å². The van der Waals surface area contributed by atoms with Gasteiger partial charge < -0.3 is 15.2 Å². The third kappa shape index (κ3) is 2.07. The van der Waals surface area contributed by atoms with Crippen molar-refractivity contribution in [2.24, 2.45) is 13.0 Å². The number of para-hydroxylation sites is 1. The van der Waals surface area contributed by atoms with Crippen molar-refractivity contribution < 1.29 is 4.79 Å². The fourth-order valence-corrected chi connectivity index (χ4v) is 2.93. The van der Waals surface area contributed by atoms with E-state index < -0.39 is 0 Å². The van der Waals surface area contributed by atoms with Crippen LogP contribution in [0.3, 0.4) is 0 Å². The molecule has 4 nitrogen and oxygen atoms in total. The standard InChI is InChI=1S/C16H19N3O/c1-11-7-12-5-3-4-6-14(12)19(9-11)16(20)15-8-13(17)10-18(15)2/h3-6,8,10-11H,7,9,17H2,1-2H3. The summed E-state index contributed by atoms with van der Waals surface area (Å²) in [5.41, 5.74) is 9.29. The minimum absolute atomic E-state index is 0.0169. The van der Waals surface area contributed by atoms with Gasteiger partial charge in [-0.05, 0) is 30.0 Å². The summed E-state index contributed by atoms with van der Waals surface area (Å²) in [6, 6.07) is 9.87. The number of hydrogen-bond donors (Lipinski definition) is 1. The molecule has 1 aromatic heterocycles. The zero-order chi connectivity index (χ0) is 14.3. The van der Waals surface area contributed by atoms with Gasteiger partial charge in [-0.15, -0.1) is 0 Å². The van der Waals surface area contributed by atoms with E-state index in [0.717, 1.165) is 18.7 Å². The van der Waals surface area contributed by atoms with Crippen LogP contribution in [0.2, 0.25) is 0 Å². The van der Waals surface area contributed by atoms with E-state index in [1.54, 1.807) is 16.8 Å². The number of anilines is 2. The second kappa shape index (κ2) is 4.71. The van der Waals surface area contributed by atoms with E-state index in [-0.39, 0.29) is 5.91 Å². The molecule has 0 saturated heterocycles. The minimum atomic E-state index is 0.0169. The number of carbonyl (C=O) groups excluding carboxylic acids is 1. The SMILES string of the molecule is CC1Cc2ccccc2N(C(=O)c2cc(N)cn2C)C1. The normalized spacial score (nSPS) is 17.9. The molecule has 104 valence electrons. The number of carbonyl (C=O) groups is 1. The lowest BCUT2D eigenvalue weighted by atomic mass is 9.93. The number of nitrogens with zero attached hydrogens (tertiary/aromatic N) is 2. The summed E-state index contributed by atoms with van der Waals surface area (Å²) in [6.07, 6.45) is 2.79. The van der Waals surface area contributed by atoms with Gasteiger partial charge in [-0.1, -0.05) is 25.1 Å². The van der Waals surface area contributed by atoms with Gasteiger partial charge in [0.1, 0.15) is 5.69 Å². The molecular weight excluding hydrogens is 250 g/mol. The number of benzene rings is 1. The topological polar surface area (TPSA) is 51.3 Å². The molecule has 2 heterocycles. The van der Waals surface area contributed by atoms with Gasteiger partial charge in [-0.25, -0.2) is 0 Å². The lowest BCUT2D eigenvalue weighted by molar-refractivity contribution is 0.0973. The number of nitrogens with two attached hydrogens (primary N) is 1. The highest BCUT2D eigenvalue weighted by Gasteiger charge is 2.28. The average molecular weight is 269 g/mol. The van der Waals surface area contributed by atoms with Gasteiger partial charge in [0.2, 0.25) is 0 Å². The third-order valence-electron chi connectivity index (χ3n) is 3.84. The molecule has 1 atom stereocenters. The number of amides is 1. The van der Waals surface area contributed by atoms with E-state index >= 15 is 0 Å². The average Bonchev–Trinajstić information content (AvgIpc) is 2.76. The van der Waals surface area contributed by atoms with Crippen molar-refractivity contribution in [3.63, 3.8) is 0 Å². The van der Waals surface area contributed by atoms with Crippen LogP contribution in [-0.4, -0.2) is 17.0 Å². The highest BCUT2D eigenvalue weighted by atomic mass is 16.2. The Hall–Kier alpha value is -2.23. The summed E-state index contributed by atoms with van der Waals surface area (Å²) in [5.74, 6) is 0.481. The van der Waals surface area contributed by atoms with Gasteiger partial charge in [-0.3, -0.25) is 4.79 Å². The van der Waals surface area contributed by atoms with Crippen LogP contribution in [0.5, 0.6) is 0 Å². The molecule has 0 radical (unpaired) electrons. The van der Waals surface area contributed by atoms with Crippen molar-refractivity contribution in [1.29, 1.82) is 0 Å². The molecule has 20 heavy (non-hydrogen) atoms. The Morgan fingerprint density at radius 1 is 1.35 bits per heavy atom. The predicted molar refractivity (Wildman–Crippen MR) is 80.8 cm³/mol. The number of fused-ring (bicyclic) bond motifs is 1. The Kier molecular flexibility index (Phi) is 3.01. The lowest BCUT2D eigenvalue weighted by Gasteiger charge is -2.33. The largest absolute Gasteiger partial charge is 0.397 e. The molecule has 0 fully saturated rings. The monoisotopic (exact) mass is 269 g/mol. The molecule has 0 bridgehead atoms. The van der Waals surface area contributed by atoms with Gasteiger partial charge in [0.15, 0.2) is 0 Å². The minimum Gasteiger partial charge on any atom is -0.397 e. The van der Waals surface area contributed by atoms with Gasteiger partial charge in [0, 0.05) is 25.5 Å². The fourth-order valence-electron chi connectivity index (χ4n) is 2.93. The van der Waals surface area contributed by atoms with Crippen molar-refractivity contribution in [1.82, 2.24) is 4.57 Å². The maximum absolute atomic E-state index is 12.8. The van der Waals surface area contributed by atoms with Crippen molar-refractivity contribution in [2.75, 3.05) is 17.2 Å². The number of hydrogen-bond acceptors (Lipinski definition) is 2. The van der Waals surface area contributed by atoms with Crippen molar-refractivity contribution in [3.05, 3.63) is 47.8 Å². The number of rotatable bonds is 1. The first-order valence-corrected chi connectivity index (χ1v) is 6.88. The van der Waals surface area contributed by atoms with Crippen molar-refractivity contribution >= 4 is 17.3 Å². The second-order valence-electron chi connectivity index (χ2n) is 5.62. The van der Waals surface area contributed by atoms with Gasteiger partial charge in [0.05, 0.1) is 5.69 Å². The van der Waals surface area contributed by atoms with Gasteiger partial charge in [0.25, 0.3) is 5.91 Å². The van der Waals surface area contributed by atoms with Gasteiger partial charge in [-0.2, -0.15) is 0 Å². The van der Waals surface area contributed by atoms with E-state index in [0.29, 0.717) is 17.3 Å². The summed E-state index contributed by atoms with van der Waals surface area (Å²) >= 11 is 0. The second-order valence-corrected chi connectivity index (χ2v) is 5.62. The zero-order valence-electron chi connectivity index (χ0n) is 11.8. The lowest BCUT2D eigenvalue weighted by Crippen LogP contribution is -2.39. The fraction of sp³-hybridized carbons (Fsp3) is 0.312. The summed E-state index contributed by atoms with van der Waals surface area (Å²) in [5, 5.41) is 0. The van der Waals surface area contributed by atoms with Crippen LogP contribution < -0.4 is 10.6 Å². The predicted octanol–water partition coefficient (Wildman–Crippen LogP) is 2.45. The summed E-state index contributed by atoms with van der Waals surface area (Å²) in [4.78, 5) is 14.7. The molecule has 1 aliphatic heterocycles. The van der Waals surface area contributed by atoms with E-state index in [9.17, 15) is 4.79 Å². The van der Waals surface area contributed by atoms with Crippen LogP contribution in [0.15, 0.2) is 36.5 Å². The Morgan fingerprint density at radius 3 is 2.80 bits per heavy atom. The van der Waals surface area contributed by atoms with Gasteiger partial charge >= 0.3 is 0 Å². The summed E-state index contributed by atoms with van der Waals surface area (Å²) in [7, 11) is 1.85. The van der Waals surface area contributed by atoms with E-state index in [1.165, 1.54) is 5.56 Å². The third-order valence-corrected chi connectivity index (χ3v) is 3.84. The smallest absolute Gasteiger partial charge is 0.274 e. The van der Waals surface area contributed by atoms with Crippen molar-refractivity contribution in [3.8, 4) is 0 Å². The van der Waals surface area contributed by atoms with Crippen LogP contribution in [0.4, 0.5) is 11.4 Å². The molecule has 0 saturated carbocycles. The molecule has 0 spiro atoms. The first kappa shape index (κ1) is 12.8. The Balaban J connectivity index is 2.02. The Morgan fingerprint density at radius 2 is 2.10 bits per heavy atom. The zero-order valence-corrected chi connectivity index (χ0v) is 11.8. The van der Waals surface area contributed by atoms with Crippen LogP contribution in [0.1, 0.15) is 23.0 Å². The molecule has 0 aliphatic carbocycles. The highest BCUT2D eigenvalue weighted by Crippen LogP contribution is 2.30. The van der Waals surface area contributed by atoms with Crippen LogP contribution in [-0.2, 0) is 13.5 Å². The van der Waals surface area contributed by atoms with Crippen LogP contribution in [0, 0.1) is 5.92 Å². The Bertz CT molecular complexity index is 659. The molecular formula is C16H19N3O. The highest BCUT2D eigenvalue weighted by molar-refractivity contribution is 6.06. The molecule has 1 aliphatic rings. The van der Waals surface area contributed by atoms with Crippen molar-refractivity contribution in [2.45, 2.75) is 13.3 Å². The van der Waals surface area contributed by atoms with Crippen LogP contribution >= 0.6 is 0 Å². The molecule has 1 unspecified atom stereocenters. The summed E-state index contributed by atoms with van der Waals surface area (Å²) < 4.78 is 1.79. The maximum Gasteiger partial charge on any atom is 0.274 e. The number of aryl methyl sites for hydroxylation is 1. The quantitative estimate of drug-likeness (QED) is 0.864. The molecule has 2 aromatic rings. The molecule has 2 N–H and O–H groups in total. The first-order chi connectivity index (χ1) is 9.56.